The van der Waals surface area contributed by atoms with Crippen LogP contribution in [-0.2, 0) is 14.3 Å². The normalized spacial score (nSPS) is 17.9. The maximum absolute atomic E-state index is 12.4. The summed E-state index contributed by atoms with van der Waals surface area (Å²) in [7, 11) is 0. The van der Waals surface area contributed by atoms with Crippen molar-refractivity contribution in [3.05, 3.63) is 12.3 Å². The van der Waals surface area contributed by atoms with E-state index >= 15 is 0 Å². The second-order valence-electron chi connectivity index (χ2n) is 4.41. The van der Waals surface area contributed by atoms with E-state index in [1.807, 2.05) is 0 Å². The molecule has 1 aliphatic rings. The summed E-state index contributed by atoms with van der Waals surface area (Å²) in [6.45, 7) is -2.51. The molecule has 2 heterocycles. The number of aliphatic carboxylic acids is 1. The predicted octanol–water partition coefficient (Wildman–Crippen LogP) is 1.10. The molecule has 2 N–H and O–H groups in total. The minimum atomic E-state index is -2.82. The van der Waals surface area contributed by atoms with Crippen molar-refractivity contribution in [3.8, 4) is 0 Å². The molecule has 1 aliphatic heterocycles. The SMILES string of the molecule is O=C(O)C1(C(=O)Nc2ccn(C(F)F)n2)CCOCC1. The summed E-state index contributed by atoms with van der Waals surface area (Å²) < 4.78 is 30.1. The molecule has 1 aromatic heterocycles. The Bertz CT molecular complexity index is 512. The lowest BCUT2D eigenvalue weighted by molar-refractivity contribution is -0.160. The Morgan fingerprint density at radius 1 is 1.45 bits per heavy atom. The van der Waals surface area contributed by atoms with Gasteiger partial charge >= 0.3 is 12.5 Å². The number of carboxylic acid groups (broad SMARTS) is 1. The Kier molecular flexibility index (Phi) is 3.98. The van der Waals surface area contributed by atoms with Gasteiger partial charge in [-0.15, -0.1) is 0 Å². The Hall–Kier alpha value is -2.03. The first kappa shape index (κ1) is 14.4. The standard InChI is InChI=1S/C11H13F2N3O4/c12-10(13)16-4-1-7(15-16)14-8(17)11(9(18)19)2-5-20-6-3-11/h1,4,10H,2-3,5-6H2,(H,18,19)(H,14,15,17). The topological polar surface area (TPSA) is 93.4 Å². The molecule has 0 saturated carbocycles. The van der Waals surface area contributed by atoms with Crippen LogP contribution >= 0.6 is 0 Å². The van der Waals surface area contributed by atoms with Crippen molar-refractivity contribution in [2.75, 3.05) is 18.5 Å². The molecule has 110 valence electrons. The fourth-order valence-corrected chi connectivity index (χ4v) is 2.01. The molecule has 0 unspecified atom stereocenters. The van der Waals surface area contributed by atoms with Crippen molar-refractivity contribution in [2.24, 2.45) is 5.41 Å². The van der Waals surface area contributed by atoms with Crippen LogP contribution in [0, 0.1) is 5.41 Å². The van der Waals surface area contributed by atoms with Crippen molar-refractivity contribution in [3.63, 3.8) is 0 Å². The molecule has 0 aromatic carbocycles. The van der Waals surface area contributed by atoms with Gasteiger partial charge in [0, 0.05) is 25.5 Å². The van der Waals surface area contributed by atoms with Crippen LogP contribution in [0.4, 0.5) is 14.6 Å². The fourth-order valence-electron chi connectivity index (χ4n) is 2.01. The molecule has 20 heavy (non-hydrogen) atoms. The number of nitrogens with one attached hydrogen (secondary N) is 1. The van der Waals surface area contributed by atoms with Gasteiger partial charge in [-0.1, -0.05) is 0 Å². The number of anilines is 1. The maximum Gasteiger partial charge on any atom is 0.333 e. The number of hydrogen-bond donors (Lipinski definition) is 2. The Morgan fingerprint density at radius 3 is 2.60 bits per heavy atom. The van der Waals surface area contributed by atoms with Gasteiger partial charge in [-0.05, 0) is 12.8 Å². The summed E-state index contributed by atoms with van der Waals surface area (Å²) >= 11 is 0. The zero-order valence-electron chi connectivity index (χ0n) is 10.4. The van der Waals surface area contributed by atoms with E-state index in [1.165, 1.54) is 6.07 Å². The van der Waals surface area contributed by atoms with E-state index in [0.29, 0.717) is 4.68 Å². The largest absolute Gasteiger partial charge is 0.480 e. The Morgan fingerprint density at radius 2 is 2.10 bits per heavy atom. The summed E-state index contributed by atoms with van der Waals surface area (Å²) in [5, 5.41) is 15.0. The lowest BCUT2D eigenvalue weighted by Gasteiger charge is -2.31. The number of hydrogen-bond acceptors (Lipinski definition) is 4. The van der Waals surface area contributed by atoms with Crippen LogP contribution in [0.2, 0.25) is 0 Å². The molecule has 0 bridgehead atoms. The molecular weight excluding hydrogens is 276 g/mol. The molecule has 1 saturated heterocycles. The zero-order valence-corrected chi connectivity index (χ0v) is 10.4. The first-order valence-electron chi connectivity index (χ1n) is 5.91. The first-order valence-corrected chi connectivity index (χ1v) is 5.91. The highest BCUT2D eigenvalue weighted by atomic mass is 19.3. The molecule has 0 radical (unpaired) electrons. The van der Waals surface area contributed by atoms with Crippen LogP contribution in [0.3, 0.4) is 0 Å². The van der Waals surface area contributed by atoms with E-state index in [-0.39, 0.29) is 31.9 Å². The van der Waals surface area contributed by atoms with E-state index in [1.54, 1.807) is 0 Å². The van der Waals surface area contributed by atoms with Crippen molar-refractivity contribution >= 4 is 17.7 Å². The highest BCUT2D eigenvalue weighted by Gasteiger charge is 2.47. The predicted molar refractivity (Wildman–Crippen MR) is 62.2 cm³/mol. The minimum absolute atomic E-state index is 0.0315. The van der Waals surface area contributed by atoms with Crippen molar-refractivity contribution < 1.29 is 28.2 Å². The van der Waals surface area contributed by atoms with Crippen LogP contribution in [0.25, 0.3) is 0 Å². The van der Waals surface area contributed by atoms with Crippen LogP contribution in [0.15, 0.2) is 12.3 Å². The number of alkyl halides is 2. The van der Waals surface area contributed by atoms with E-state index in [0.717, 1.165) is 6.20 Å². The number of carboxylic acids is 1. The first-order chi connectivity index (χ1) is 9.45. The second-order valence-corrected chi connectivity index (χ2v) is 4.41. The Balaban J connectivity index is 2.14. The number of carbonyl (C=O) groups excluding carboxylic acids is 1. The third kappa shape index (κ3) is 2.62. The van der Waals surface area contributed by atoms with Crippen molar-refractivity contribution in [2.45, 2.75) is 19.4 Å². The number of ether oxygens (including phenoxy) is 1. The summed E-state index contributed by atoms with van der Waals surface area (Å²) in [6.07, 6.45) is 1.06. The van der Waals surface area contributed by atoms with Gasteiger partial charge < -0.3 is 15.2 Å². The number of amides is 1. The van der Waals surface area contributed by atoms with Gasteiger partial charge in [0.1, 0.15) is 0 Å². The molecule has 2 rings (SSSR count). The van der Waals surface area contributed by atoms with Gasteiger partial charge in [0.15, 0.2) is 11.2 Å². The number of carbonyl (C=O) groups is 2. The van der Waals surface area contributed by atoms with Gasteiger partial charge in [-0.25, -0.2) is 4.68 Å². The third-order valence-corrected chi connectivity index (χ3v) is 3.24. The molecule has 9 heteroatoms. The molecule has 1 aromatic rings. The van der Waals surface area contributed by atoms with Crippen LogP contribution in [0.5, 0.6) is 0 Å². The van der Waals surface area contributed by atoms with Gasteiger partial charge in [0.05, 0.1) is 0 Å². The molecule has 0 aliphatic carbocycles. The van der Waals surface area contributed by atoms with E-state index in [4.69, 9.17) is 4.74 Å². The number of aromatic nitrogens is 2. The zero-order chi connectivity index (χ0) is 14.8. The molecule has 0 spiro atoms. The van der Waals surface area contributed by atoms with E-state index < -0.39 is 23.8 Å². The van der Waals surface area contributed by atoms with E-state index in [2.05, 4.69) is 10.4 Å². The lowest BCUT2D eigenvalue weighted by Crippen LogP contribution is -2.47. The number of nitrogens with zero attached hydrogens (tertiary/aromatic N) is 2. The molecule has 0 atom stereocenters. The number of rotatable bonds is 4. The van der Waals surface area contributed by atoms with Crippen molar-refractivity contribution in [1.29, 1.82) is 0 Å². The third-order valence-electron chi connectivity index (χ3n) is 3.24. The Labute approximate surface area is 112 Å². The summed E-state index contributed by atoms with van der Waals surface area (Å²) in [5.74, 6) is -2.14. The van der Waals surface area contributed by atoms with Gasteiger partial charge in [-0.3, -0.25) is 9.59 Å². The maximum atomic E-state index is 12.4. The highest BCUT2D eigenvalue weighted by molar-refractivity contribution is 6.08. The summed E-state index contributed by atoms with van der Waals surface area (Å²) in [6, 6.07) is 1.18. The van der Waals surface area contributed by atoms with Gasteiger partial charge in [-0.2, -0.15) is 13.9 Å². The fraction of sp³-hybridized carbons (Fsp3) is 0.545. The smallest absolute Gasteiger partial charge is 0.333 e. The summed E-state index contributed by atoms with van der Waals surface area (Å²) in [5.41, 5.74) is -1.60. The molecule has 1 fully saturated rings. The molecule has 7 nitrogen and oxygen atoms in total. The van der Waals surface area contributed by atoms with Crippen LogP contribution in [0.1, 0.15) is 19.4 Å². The van der Waals surface area contributed by atoms with Crippen molar-refractivity contribution in [1.82, 2.24) is 9.78 Å². The highest BCUT2D eigenvalue weighted by Crippen LogP contribution is 2.32. The average Bonchev–Trinajstić information content (AvgIpc) is 2.88. The quantitative estimate of drug-likeness (QED) is 0.809. The minimum Gasteiger partial charge on any atom is -0.480 e. The lowest BCUT2D eigenvalue weighted by atomic mass is 9.79. The van der Waals surface area contributed by atoms with E-state index in [9.17, 15) is 23.5 Å². The average molecular weight is 289 g/mol. The van der Waals surface area contributed by atoms with Crippen LogP contribution < -0.4 is 5.32 Å². The number of halogens is 2. The molecule has 1 amide bonds. The van der Waals surface area contributed by atoms with Gasteiger partial charge in [0.2, 0.25) is 5.91 Å². The summed E-state index contributed by atoms with van der Waals surface area (Å²) in [4.78, 5) is 23.5. The van der Waals surface area contributed by atoms with Crippen LogP contribution in [-0.4, -0.2) is 40.0 Å². The monoisotopic (exact) mass is 289 g/mol. The second kappa shape index (κ2) is 5.53. The van der Waals surface area contributed by atoms with Gasteiger partial charge in [0.25, 0.3) is 0 Å². The molecular formula is C11H13F2N3O4.